The van der Waals surface area contributed by atoms with E-state index < -0.39 is 0 Å². The molecule has 1 aromatic heterocycles. The molecule has 100 valence electrons. The molecule has 3 heteroatoms. The average Bonchev–Trinajstić information content (AvgIpc) is 2.82. The van der Waals surface area contributed by atoms with Gasteiger partial charge >= 0.3 is 0 Å². The molecule has 1 N–H and O–H groups in total. The molecule has 1 aromatic carbocycles. The van der Waals surface area contributed by atoms with E-state index in [-0.39, 0.29) is 0 Å². The molecule has 1 unspecified atom stereocenters. The fourth-order valence-electron chi connectivity index (χ4n) is 3.11. The van der Waals surface area contributed by atoms with Crippen molar-refractivity contribution in [3.8, 4) is 5.69 Å². The second kappa shape index (κ2) is 4.82. The number of rotatable bonds is 2. The first-order valence-electron chi connectivity index (χ1n) is 7.02. The quantitative estimate of drug-likeness (QED) is 0.893. The van der Waals surface area contributed by atoms with Gasteiger partial charge in [-0.1, -0.05) is 17.7 Å². The summed E-state index contributed by atoms with van der Waals surface area (Å²) in [5.41, 5.74) is 6.54. The summed E-state index contributed by atoms with van der Waals surface area (Å²) >= 11 is 0. The van der Waals surface area contributed by atoms with Gasteiger partial charge in [0, 0.05) is 17.3 Å². The lowest BCUT2D eigenvalue weighted by Crippen LogP contribution is -2.21. The molecule has 0 fully saturated rings. The molecular formula is C16H21N3. The molecule has 0 aliphatic heterocycles. The largest absolute Gasteiger partial charge is 0.313 e. The van der Waals surface area contributed by atoms with Gasteiger partial charge in [0.05, 0.1) is 11.9 Å². The van der Waals surface area contributed by atoms with E-state index >= 15 is 0 Å². The molecule has 19 heavy (non-hydrogen) atoms. The summed E-state index contributed by atoms with van der Waals surface area (Å²) in [7, 11) is 2.04. The van der Waals surface area contributed by atoms with Crippen LogP contribution in [0.3, 0.4) is 0 Å². The Morgan fingerprint density at radius 2 is 2.16 bits per heavy atom. The lowest BCUT2D eigenvalue weighted by atomic mass is 9.93. The number of benzene rings is 1. The number of aromatic nitrogens is 2. The Morgan fingerprint density at radius 1 is 1.32 bits per heavy atom. The van der Waals surface area contributed by atoms with Crippen LogP contribution in [0.5, 0.6) is 0 Å². The van der Waals surface area contributed by atoms with Gasteiger partial charge in [-0.05, 0) is 51.8 Å². The summed E-state index contributed by atoms with van der Waals surface area (Å²) in [6, 6.07) is 7.03. The van der Waals surface area contributed by atoms with Crippen LogP contribution in [0.25, 0.3) is 5.69 Å². The van der Waals surface area contributed by atoms with Gasteiger partial charge in [0.2, 0.25) is 0 Å². The SMILES string of the molecule is CNC1CCCc2c1cnn2-c1ccc(C)cc1C. The minimum absolute atomic E-state index is 0.461. The highest BCUT2D eigenvalue weighted by Gasteiger charge is 2.23. The highest BCUT2D eigenvalue weighted by Crippen LogP contribution is 2.31. The number of hydrogen-bond donors (Lipinski definition) is 1. The summed E-state index contributed by atoms with van der Waals surface area (Å²) in [5.74, 6) is 0. The van der Waals surface area contributed by atoms with Crippen molar-refractivity contribution in [1.82, 2.24) is 15.1 Å². The molecule has 0 bridgehead atoms. The zero-order valence-corrected chi connectivity index (χ0v) is 11.9. The number of nitrogens with zero attached hydrogens (tertiary/aromatic N) is 2. The summed E-state index contributed by atoms with van der Waals surface area (Å²) < 4.78 is 2.13. The minimum atomic E-state index is 0.461. The molecule has 0 spiro atoms. The molecule has 3 nitrogen and oxygen atoms in total. The normalized spacial score (nSPS) is 18.4. The average molecular weight is 255 g/mol. The third kappa shape index (κ3) is 2.08. The molecule has 1 aliphatic carbocycles. The van der Waals surface area contributed by atoms with Crippen LogP contribution >= 0.6 is 0 Å². The Balaban J connectivity index is 2.09. The third-order valence-electron chi connectivity index (χ3n) is 4.11. The number of fused-ring (bicyclic) bond motifs is 1. The summed E-state index contributed by atoms with van der Waals surface area (Å²) in [5, 5.41) is 8.03. The first-order valence-corrected chi connectivity index (χ1v) is 7.02. The van der Waals surface area contributed by atoms with Crippen LogP contribution in [-0.4, -0.2) is 16.8 Å². The number of hydrogen-bond acceptors (Lipinski definition) is 2. The Kier molecular flexibility index (Phi) is 3.15. The fourth-order valence-corrected chi connectivity index (χ4v) is 3.11. The van der Waals surface area contributed by atoms with Gasteiger partial charge in [0.25, 0.3) is 0 Å². The van der Waals surface area contributed by atoms with Crippen molar-refractivity contribution in [2.45, 2.75) is 39.2 Å². The fraction of sp³-hybridized carbons (Fsp3) is 0.438. The molecule has 3 rings (SSSR count). The van der Waals surface area contributed by atoms with Crippen molar-refractivity contribution >= 4 is 0 Å². The Bertz CT molecular complexity index is 598. The van der Waals surface area contributed by atoms with Crippen LogP contribution in [0.15, 0.2) is 24.4 Å². The Morgan fingerprint density at radius 3 is 2.89 bits per heavy atom. The zero-order chi connectivity index (χ0) is 13.4. The molecule has 2 aromatic rings. The van der Waals surface area contributed by atoms with E-state index in [1.165, 1.54) is 40.9 Å². The van der Waals surface area contributed by atoms with E-state index in [1.54, 1.807) is 0 Å². The standard InChI is InChI=1S/C16H21N3/c1-11-7-8-15(12(2)9-11)19-16-6-4-5-14(17-3)13(16)10-18-19/h7-10,14,17H,4-6H2,1-3H3. The van der Waals surface area contributed by atoms with Crippen LogP contribution in [-0.2, 0) is 6.42 Å². The molecule has 1 aliphatic rings. The van der Waals surface area contributed by atoms with Crippen molar-refractivity contribution in [3.63, 3.8) is 0 Å². The molecular weight excluding hydrogens is 234 g/mol. The van der Waals surface area contributed by atoms with Gasteiger partial charge in [-0.2, -0.15) is 5.10 Å². The van der Waals surface area contributed by atoms with Crippen molar-refractivity contribution < 1.29 is 0 Å². The van der Waals surface area contributed by atoms with E-state index in [2.05, 4.69) is 47.1 Å². The van der Waals surface area contributed by atoms with Gasteiger partial charge in [0.15, 0.2) is 0 Å². The molecule has 1 heterocycles. The monoisotopic (exact) mass is 255 g/mol. The second-order valence-corrected chi connectivity index (χ2v) is 5.48. The van der Waals surface area contributed by atoms with Crippen molar-refractivity contribution in [3.05, 3.63) is 46.8 Å². The van der Waals surface area contributed by atoms with E-state index in [1.807, 2.05) is 13.2 Å². The Hall–Kier alpha value is -1.61. The lowest BCUT2D eigenvalue weighted by molar-refractivity contribution is 0.490. The number of aryl methyl sites for hydroxylation is 2. The zero-order valence-electron chi connectivity index (χ0n) is 11.9. The predicted octanol–water partition coefficient (Wildman–Crippen LogP) is 3.09. The van der Waals surface area contributed by atoms with Crippen LogP contribution < -0.4 is 5.32 Å². The van der Waals surface area contributed by atoms with Crippen LogP contribution in [0, 0.1) is 13.8 Å². The third-order valence-corrected chi connectivity index (χ3v) is 4.11. The predicted molar refractivity (Wildman–Crippen MR) is 77.8 cm³/mol. The van der Waals surface area contributed by atoms with Crippen molar-refractivity contribution in [2.24, 2.45) is 0 Å². The maximum atomic E-state index is 4.63. The van der Waals surface area contributed by atoms with Gasteiger partial charge in [-0.15, -0.1) is 0 Å². The molecule has 0 saturated heterocycles. The van der Waals surface area contributed by atoms with Gasteiger partial charge in [0.1, 0.15) is 0 Å². The van der Waals surface area contributed by atoms with Crippen LogP contribution in [0.4, 0.5) is 0 Å². The first kappa shape index (κ1) is 12.4. The maximum Gasteiger partial charge on any atom is 0.0678 e. The highest BCUT2D eigenvalue weighted by atomic mass is 15.3. The maximum absolute atomic E-state index is 4.63. The summed E-state index contributed by atoms with van der Waals surface area (Å²) in [6.07, 6.45) is 5.60. The van der Waals surface area contributed by atoms with E-state index in [0.717, 1.165) is 6.42 Å². The first-order chi connectivity index (χ1) is 9.20. The minimum Gasteiger partial charge on any atom is -0.313 e. The lowest BCUT2D eigenvalue weighted by Gasteiger charge is -2.23. The van der Waals surface area contributed by atoms with Gasteiger partial charge in [-0.3, -0.25) is 0 Å². The molecule has 0 amide bonds. The Labute approximate surface area is 114 Å². The smallest absolute Gasteiger partial charge is 0.0678 e. The van der Waals surface area contributed by atoms with Gasteiger partial charge < -0.3 is 5.32 Å². The van der Waals surface area contributed by atoms with Gasteiger partial charge in [-0.25, -0.2) is 4.68 Å². The molecule has 1 atom stereocenters. The molecule has 0 saturated carbocycles. The summed E-state index contributed by atoms with van der Waals surface area (Å²) in [4.78, 5) is 0. The van der Waals surface area contributed by atoms with Crippen LogP contribution in [0.1, 0.15) is 41.3 Å². The van der Waals surface area contributed by atoms with Crippen molar-refractivity contribution in [1.29, 1.82) is 0 Å². The highest BCUT2D eigenvalue weighted by molar-refractivity contribution is 5.44. The summed E-state index contributed by atoms with van der Waals surface area (Å²) in [6.45, 7) is 4.29. The van der Waals surface area contributed by atoms with E-state index in [9.17, 15) is 0 Å². The van der Waals surface area contributed by atoms with Crippen molar-refractivity contribution in [2.75, 3.05) is 7.05 Å². The number of nitrogens with one attached hydrogen (secondary N) is 1. The second-order valence-electron chi connectivity index (χ2n) is 5.48. The van der Waals surface area contributed by atoms with E-state index in [4.69, 9.17) is 0 Å². The topological polar surface area (TPSA) is 29.9 Å². The van der Waals surface area contributed by atoms with Crippen LogP contribution in [0.2, 0.25) is 0 Å². The molecule has 0 radical (unpaired) electrons. The van der Waals surface area contributed by atoms with E-state index in [0.29, 0.717) is 6.04 Å².